The van der Waals surface area contributed by atoms with Gasteiger partial charge in [0.2, 0.25) is 0 Å². The van der Waals surface area contributed by atoms with Gasteiger partial charge in [0.05, 0.1) is 6.07 Å². The number of hydrogen-bond acceptors (Lipinski definition) is 3. The molecular weight excluding hydrogens is 234 g/mol. The molecule has 0 aromatic carbocycles. The van der Waals surface area contributed by atoms with Gasteiger partial charge in [-0.05, 0) is 59.0 Å². The quantitative estimate of drug-likeness (QED) is 0.658. The molecule has 0 aliphatic heterocycles. The molecule has 110 valence electrons. The van der Waals surface area contributed by atoms with Gasteiger partial charge in [0, 0.05) is 12.1 Å². The van der Waals surface area contributed by atoms with Crippen LogP contribution in [-0.2, 0) is 0 Å². The van der Waals surface area contributed by atoms with Gasteiger partial charge in [0.25, 0.3) is 0 Å². The molecule has 1 aliphatic carbocycles. The predicted molar refractivity (Wildman–Crippen MR) is 81.0 cm³/mol. The van der Waals surface area contributed by atoms with Crippen LogP contribution in [-0.4, -0.2) is 35.6 Å². The summed E-state index contributed by atoms with van der Waals surface area (Å²) in [6, 6.07) is 3.76. The zero-order chi connectivity index (χ0) is 14.3. The maximum atomic E-state index is 9.44. The second kappa shape index (κ2) is 7.87. The van der Waals surface area contributed by atoms with E-state index in [-0.39, 0.29) is 5.54 Å². The van der Waals surface area contributed by atoms with E-state index < -0.39 is 0 Å². The predicted octanol–water partition coefficient (Wildman–Crippen LogP) is 3.31. The lowest BCUT2D eigenvalue weighted by Crippen LogP contribution is -2.48. The Hall–Kier alpha value is -0.590. The van der Waals surface area contributed by atoms with Crippen LogP contribution in [0, 0.1) is 11.3 Å². The van der Waals surface area contributed by atoms with E-state index in [9.17, 15) is 5.26 Å². The summed E-state index contributed by atoms with van der Waals surface area (Å²) in [6.07, 6.45) is 7.21. The number of hydrogen-bond donors (Lipinski definition) is 1. The van der Waals surface area contributed by atoms with Crippen molar-refractivity contribution >= 4 is 0 Å². The maximum Gasteiger partial charge on any atom is 0.105 e. The molecule has 3 nitrogen and oxygen atoms in total. The zero-order valence-electron chi connectivity index (χ0n) is 13.2. The van der Waals surface area contributed by atoms with Crippen molar-refractivity contribution in [1.29, 1.82) is 5.26 Å². The normalized spacial score (nSPS) is 20.0. The molecule has 3 heteroatoms. The summed E-state index contributed by atoms with van der Waals surface area (Å²) in [5.74, 6) is 0. The van der Waals surface area contributed by atoms with Crippen molar-refractivity contribution in [2.24, 2.45) is 0 Å². The lowest BCUT2D eigenvalue weighted by Gasteiger charge is -2.34. The Morgan fingerprint density at radius 3 is 2.53 bits per heavy atom. The van der Waals surface area contributed by atoms with E-state index in [1.165, 1.54) is 32.2 Å². The van der Waals surface area contributed by atoms with E-state index in [1.807, 2.05) is 6.92 Å². The first-order valence-electron chi connectivity index (χ1n) is 7.98. The average Bonchev–Trinajstić information content (AvgIpc) is 3.21. The molecule has 1 fully saturated rings. The van der Waals surface area contributed by atoms with Crippen molar-refractivity contribution in [3.63, 3.8) is 0 Å². The van der Waals surface area contributed by atoms with E-state index in [0.29, 0.717) is 6.04 Å². The maximum absolute atomic E-state index is 9.44. The van der Waals surface area contributed by atoms with Crippen molar-refractivity contribution in [3.8, 4) is 6.07 Å². The largest absolute Gasteiger partial charge is 0.300 e. The van der Waals surface area contributed by atoms with Crippen molar-refractivity contribution in [2.75, 3.05) is 13.1 Å². The summed E-state index contributed by atoms with van der Waals surface area (Å²) in [4.78, 5) is 2.63. The number of rotatable bonds is 10. The van der Waals surface area contributed by atoms with Crippen molar-refractivity contribution in [2.45, 2.75) is 83.8 Å². The van der Waals surface area contributed by atoms with Gasteiger partial charge in [-0.2, -0.15) is 5.26 Å². The van der Waals surface area contributed by atoms with Crippen LogP contribution in [0.15, 0.2) is 0 Å². The molecule has 19 heavy (non-hydrogen) atoms. The number of nitrogens with one attached hydrogen (secondary N) is 1. The molecule has 1 saturated carbocycles. The first-order valence-corrected chi connectivity index (χ1v) is 7.98. The van der Waals surface area contributed by atoms with E-state index in [2.05, 4.69) is 37.1 Å². The Morgan fingerprint density at radius 1 is 1.37 bits per heavy atom. The third-order valence-corrected chi connectivity index (χ3v) is 4.07. The molecule has 0 aromatic rings. The molecule has 0 heterocycles. The Bertz CT molecular complexity index is 293. The summed E-state index contributed by atoms with van der Waals surface area (Å²) >= 11 is 0. The number of unbranched alkanes of at least 4 members (excludes halogenated alkanes) is 1. The van der Waals surface area contributed by atoms with Crippen LogP contribution in [0.2, 0.25) is 0 Å². The molecule has 0 spiro atoms. The fraction of sp³-hybridized carbons (Fsp3) is 0.938. The molecule has 2 atom stereocenters. The van der Waals surface area contributed by atoms with Gasteiger partial charge in [0.15, 0.2) is 0 Å². The Morgan fingerprint density at radius 2 is 2.05 bits per heavy atom. The standard InChI is InChI=1S/C16H31N3/c1-5-7-11-19(15-8-9-15)14(3)12-16(4,13-17)18-10-6-2/h14-15,18H,5-12H2,1-4H3. The highest BCUT2D eigenvalue weighted by atomic mass is 15.2. The van der Waals surface area contributed by atoms with Gasteiger partial charge in [-0.25, -0.2) is 0 Å². The molecule has 0 saturated heterocycles. The second-order valence-electron chi connectivity index (χ2n) is 6.25. The van der Waals surface area contributed by atoms with Crippen LogP contribution in [0.1, 0.15) is 66.2 Å². The first-order chi connectivity index (χ1) is 9.06. The highest BCUT2D eigenvalue weighted by Crippen LogP contribution is 2.31. The van der Waals surface area contributed by atoms with Gasteiger partial charge in [0.1, 0.15) is 5.54 Å². The van der Waals surface area contributed by atoms with Crippen molar-refractivity contribution in [3.05, 3.63) is 0 Å². The minimum Gasteiger partial charge on any atom is -0.300 e. The molecule has 0 amide bonds. The zero-order valence-corrected chi connectivity index (χ0v) is 13.2. The summed E-state index contributed by atoms with van der Waals surface area (Å²) in [5.41, 5.74) is -0.380. The van der Waals surface area contributed by atoms with Crippen molar-refractivity contribution in [1.82, 2.24) is 10.2 Å². The molecule has 2 unspecified atom stereocenters. The molecular formula is C16H31N3. The molecule has 1 aliphatic rings. The first kappa shape index (κ1) is 16.5. The number of nitriles is 1. The van der Waals surface area contributed by atoms with Crippen LogP contribution < -0.4 is 5.32 Å². The minimum atomic E-state index is -0.380. The summed E-state index contributed by atoms with van der Waals surface area (Å²) in [6.45, 7) is 10.8. The van der Waals surface area contributed by atoms with E-state index in [4.69, 9.17) is 0 Å². The summed E-state index contributed by atoms with van der Waals surface area (Å²) in [7, 11) is 0. The smallest absolute Gasteiger partial charge is 0.105 e. The van der Waals surface area contributed by atoms with Crippen LogP contribution in [0.5, 0.6) is 0 Å². The molecule has 0 aromatic heterocycles. The SMILES string of the molecule is CCCCN(C(C)CC(C)(C#N)NCCC)C1CC1. The lowest BCUT2D eigenvalue weighted by molar-refractivity contribution is 0.165. The molecule has 0 bridgehead atoms. The third kappa shape index (κ3) is 5.50. The van der Waals surface area contributed by atoms with E-state index in [0.717, 1.165) is 25.4 Å². The van der Waals surface area contributed by atoms with Gasteiger partial charge >= 0.3 is 0 Å². The van der Waals surface area contributed by atoms with Crippen LogP contribution in [0.25, 0.3) is 0 Å². The molecule has 1 rings (SSSR count). The van der Waals surface area contributed by atoms with Crippen molar-refractivity contribution < 1.29 is 0 Å². The van der Waals surface area contributed by atoms with E-state index >= 15 is 0 Å². The van der Waals surface area contributed by atoms with Crippen LogP contribution in [0.4, 0.5) is 0 Å². The fourth-order valence-corrected chi connectivity index (χ4v) is 2.78. The molecule has 1 N–H and O–H groups in total. The Kier molecular flexibility index (Phi) is 6.82. The van der Waals surface area contributed by atoms with Gasteiger partial charge in [-0.3, -0.25) is 10.2 Å². The van der Waals surface area contributed by atoms with Crippen LogP contribution >= 0.6 is 0 Å². The summed E-state index contributed by atoms with van der Waals surface area (Å²) < 4.78 is 0. The number of nitrogens with zero attached hydrogens (tertiary/aromatic N) is 2. The Labute approximate surface area is 119 Å². The highest BCUT2D eigenvalue weighted by molar-refractivity contribution is 5.06. The monoisotopic (exact) mass is 265 g/mol. The highest BCUT2D eigenvalue weighted by Gasteiger charge is 2.35. The average molecular weight is 265 g/mol. The second-order valence-corrected chi connectivity index (χ2v) is 6.25. The van der Waals surface area contributed by atoms with Crippen LogP contribution in [0.3, 0.4) is 0 Å². The van der Waals surface area contributed by atoms with Gasteiger partial charge in [-0.1, -0.05) is 20.3 Å². The lowest BCUT2D eigenvalue weighted by atomic mass is 9.94. The van der Waals surface area contributed by atoms with E-state index in [1.54, 1.807) is 0 Å². The Balaban J connectivity index is 2.53. The third-order valence-electron chi connectivity index (χ3n) is 4.07. The molecule has 0 radical (unpaired) electrons. The van der Waals surface area contributed by atoms with Gasteiger partial charge < -0.3 is 0 Å². The van der Waals surface area contributed by atoms with Gasteiger partial charge in [-0.15, -0.1) is 0 Å². The summed E-state index contributed by atoms with van der Waals surface area (Å²) in [5, 5.41) is 12.9. The minimum absolute atomic E-state index is 0.380. The fourth-order valence-electron chi connectivity index (χ4n) is 2.78. The topological polar surface area (TPSA) is 39.1 Å².